The van der Waals surface area contributed by atoms with Crippen molar-refractivity contribution in [2.24, 2.45) is 0 Å². The van der Waals surface area contributed by atoms with E-state index in [0.717, 1.165) is 5.56 Å². The van der Waals surface area contributed by atoms with Crippen LogP contribution in [0.5, 0.6) is 0 Å². The molecule has 3 N–H and O–H groups in total. The summed E-state index contributed by atoms with van der Waals surface area (Å²) in [5, 5.41) is 2.97. The Kier molecular flexibility index (Phi) is 4.47. The van der Waals surface area contributed by atoms with Gasteiger partial charge in [-0.05, 0) is 30.7 Å². The van der Waals surface area contributed by atoms with Gasteiger partial charge in [0.1, 0.15) is 5.75 Å². The second-order valence-electron chi connectivity index (χ2n) is 4.25. The van der Waals surface area contributed by atoms with Crippen LogP contribution < -0.4 is 11.1 Å². The minimum Gasteiger partial charge on any atom is -0.396 e. The van der Waals surface area contributed by atoms with Crippen molar-refractivity contribution in [3.63, 3.8) is 0 Å². The molecular formula is C14H15N3O2S. The molecule has 1 aromatic heterocycles. The summed E-state index contributed by atoms with van der Waals surface area (Å²) in [6, 6.07) is 10.7. The standard InChI is InChI=1S/C14H15N3O2S/c1-10-5-2-3-7-12(10)17-13(18)9-20(19)14-11(15)6-4-8-16-14/h2-8H,9,15H2,1H3,(H,17,18). The van der Waals surface area contributed by atoms with Gasteiger partial charge in [0.25, 0.3) is 0 Å². The quantitative estimate of drug-likeness (QED) is 0.897. The van der Waals surface area contributed by atoms with Crippen molar-refractivity contribution in [3.8, 4) is 0 Å². The van der Waals surface area contributed by atoms with Crippen molar-refractivity contribution in [2.45, 2.75) is 11.9 Å². The number of amides is 1. The molecule has 0 aliphatic rings. The highest BCUT2D eigenvalue weighted by Gasteiger charge is 2.14. The zero-order valence-corrected chi connectivity index (χ0v) is 11.8. The molecule has 0 radical (unpaired) electrons. The van der Waals surface area contributed by atoms with Gasteiger partial charge in [-0.25, -0.2) is 4.98 Å². The summed E-state index contributed by atoms with van der Waals surface area (Å²) in [5.74, 6) is -0.502. The number of nitrogen functional groups attached to an aromatic ring is 1. The molecule has 0 spiro atoms. The van der Waals surface area contributed by atoms with E-state index in [1.807, 2.05) is 25.1 Å². The Labute approximate surface area is 119 Å². The first-order valence-corrected chi connectivity index (χ1v) is 7.34. The van der Waals surface area contributed by atoms with E-state index in [1.54, 1.807) is 18.2 Å². The number of hydrogen-bond donors (Lipinski definition) is 2. The summed E-state index contributed by atoms with van der Waals surface area (Å²) in [7, 11) is -1.55. The third kappa shape index (κ3) is 3.42. The minimum atomic E-state index is -1.55. The normalized spacial score (nSPS) is 11.8. The Hall–Kier alpha value is -2.21. The fourth-order valence-electron chi connectivity index (χ4n) is 1.68. The SMILES string of the molecule is Cc1ccccc1NC(=O)CS(=O)c1ncccc1N. The van der Waals surface area contributed by atoms with Gasteiger partial charge in [0, 0.05) is 11.9 Å². The lowest BCUT2D eigenvalue weighted by Crippen LogP contribution is -2.21. The predicted octanol–water partition coefficient (Wildman–Crippen LogP) is 1.72. The van der Waals surface area contributed by atoms with E-state index in [0.29, 0.717) is 11.4 Å². The Morgan fingerprint density at radius 3 is 2.75 bits per heavy atom. The zero-order valence-electron chi connectivity index (χ0n) is 11.0. The Balaban J connectivity index is 2.04. The number of pyridine rings is 1. The number of carbonyl (C=O) groups excluding carboxylic acids is 1. The first-order chi connectivity index (χ1) is 9.58. The van der Waals surface area contributed by atoms with Gasteiger partial charge in [-0.2, -0.15) is 0 Å². The molecule has 6 heteroatoms. The van der Waals surface area contributed by atoms with E-state index in [4.69, 9.17) is 5.73 Å². The molecule has 0 bridgehead atoms. The Bertz CT molecular complexity index is 658. The molecule has 0 aliphatic carbocycles. The van der Waals surface area contributed by atoms with Crippen LogP contribution in [-0.2, 0) is 15.6 Å². The van der Waals surface area contributed by atoms with Gasteiger partial charge in [0.2, 0.25) is 5.91 Å². The van der Waals surface area contributed by atoms with Gasteiger partial charge in [-0.15, -0.1) is 0 Å². The van der Waals surface area contributed by atoms with Crippen molar-refractivity contribution in [2.75, 3.05) is 16.8 Å². The summed E-state index contributed by atoms with van der Waals surface area (Å²) >= 11 is 0. The Morgan fingerprint density at radius 2 is 2.05 bits per heavy atom. The number of hydrogen-bond acceptors (Lipinski definition) is 4. The van der Waals surface area contributed by atoms with Crippen LogP contribution in [0.15, 0.2) is 47.6 Å². The maximum atomic E-state index is 12.1. The van der Waals surface area contributed by atoms with Gasteiger partial charge in [0.05, 0.1) is 16.5 Å². The molecular weight excluding hydrogens is 274 g/mol. The average Bonchev–Trinajstić information content (AvgIpc) is 2.41. The van der Waals surface area contributed by atoms with E-state index in [-0.39, 0.29) is 16.7 Å². The van der Waals surface area contributed by atoms with Crippen LogP contribution in [0.2, 0.25) is 0 Å². The van der Waals surface area contributed by atoms with Gasteiger partial charge < -0.3 is 11.1 Å². The van der Waals surface area contributed by atoms with E-state index in [9.17, 15) is 9.00 Å². The van der Waals surface area contributed by atoms with Gasteiger partial charge >= 0.3 is 0 Å². The van der Waals surface area contributed by atoms with Gasteiger partial charge in [-0.3, -0.25) is 9.00 Å². The molecule has 0 saturated carbocycles. The van der Waals surface area contributed by atoms with Crippen molar-refractivity contribution in [1.29, 1.82) is 0 Å². The van der Waals surface area contributed by atoms with E-state index in [1.165, 1.54) is 6.20 Å². The van der Waals surface area contributed by atoms with Crippen LogP contribution in [0.4, 0.5) is 11.4 Å². The molecule has 0 aliphatic heterocycles. The third-order valence-corrected chi connectivity index (χ3v) is 3.99. The molecule has 0 saturated heterocycles. The maximum absolute atomic E-state index is 12.1. The van der Waals surface area contributed by atoms with E-state index in [2.05, 4.69) is 10.3 Å². The fraction of sp³-hybridized carbons (Fsp3) is 0.143. The summed E-state index contributed by atoms with van der Waals surface area (Å²) in [6.07, 6.45) is 1.50. The second-order valence-corrected chi connectivity index (χ2v) is 5.62. The third-order valence-electron chi connectivity index (χ3n) is 2.70. The molecule has 104 valence electrons. The summed E-state index contributed by atoms with van der Waals surface area (Å²) < 4.78 is 12.1. The lowest BCUT2D eigenvalue weighted by Gasteiger charge is -2.08. The molecule has 1 heterocycles. The number of nitrogens with one attached hydrogen (secondary N) is 1. The number of benzene rings is 1. The van der Waals surface area contributed by atoms with Crippen LogP contribution in [0.3, 0.4) is 0 Å². The highest BCUT2D eigenvalue weighted by molar-refractivity contribution is 7.85. The fourth-order valence-corrected chi connectivity index (χ4v) is 2.64. The van der Waals surface area contributed by atoms with Crippen molar-refractivity contribution < 1.29 is 9.00 Å². The van der Waals surface area contributed by atoms with Crippen LogP contribution >= 0.6 is 0 Å². The molecule has 1 amide bonds. The average molecular weight is 289 g/mol. The number of para-hydroxylation sites is 1. The first-order valence-electron chi connectivity index (χ1n) is 6.02. The smallest absolute Gasteiger partial charge is 0.237 e. The maximum Gasteiger partial charge on any atom is 0.237 e. The number of anilines is 2. The highest BCUT2D eigenvalue weighted by atomic mass is 32.2. The number of nitrogens with two attached hydrogens (primary N) is 1. The Morgan fingerprint density at radius 1 is 1.30 bits per heavy atom. The monoisotopic (exact) mass is 289 g/mol. The topological polar surface area (TPSA) is 85.1 Å². The lowest BCUT2D eigenvalue weighted by atomic mass is 10.2. The number of nitrogens with zero attached hydrogens (tertiary/aromatic N) is 1. The minimum absolute atomic E-state index is 0.171. The van der Waals surface area contributed by atoms with Crippen LogP contribution in [0, 0.1) is 6.92 Å². The van der Waals surface area contributed by atoms with Gasteiger partial charge in [0.15, 0.2) is 5.03 Å². The molecule has 1 atom stereocenters. The molecule has 2 aromatic rings. The first kappa shape index (κ1) is 14.2. The molecule has 1 unspecified atom stereocenters. The van der Waals surface area contributed by atoms with E-state index < -0.39 is 10.8 Å². The largest absolute Gasteiger partial charge is 0.396 e. The number of aryl methyl sites for hydroxylation is 1. The number of rotatable bonds is 4. The zero-order chi connectivity index (χ0) is 14.5. The van der Waals surface area contributed by atoms with Crippen LogP contribution in [-0.4, -0.2) is 20.9 Å². The van der Waals surface area contributed by atoms with Crippen molar-refractivity contribution >= 4 is 28.1 Å². The molecule has 2 rings (SSSR count). The van der Waals surface area contributed by atoms with Crippen LogP contribution in [0.25, 0.3) is 0 Å². The highest BCUT2D eigenvalue weighted by Crippen LogP contribution is 2.15. The molecule has 1 aromatic carbocycles. The molecule has 5 nitrogen and oxygen atoms in total. The van der Waals surface area contributed by atoms with Crippen LogP contribution in [0.1, 0.15) is 5.56 Å². The summed E-state index contributed by atoms with van der Waals surface area (Å²) in [4.78, 5) is 15.8. The number of aromatic nitrogens is 1. The number of carbonyl (C=O) groups is 1. The second kappa shape index (κ2) is 6.29. The summed E-state index contributed by atoms with van der Waals surface area (Å²) in [5.41, 5.74) is 7.67. The van der Waals surface area contributed by atoms with Gasteiger partial charge in [-0.1, -0.05) is 18.2 Å². The van der Waals surface area contributed by atoms with E-state index >= 15 is 0 Å². The van der Waals surface area contributed by atoms with Crippen molar-refractivity contribution in [3.05, 3.63) is 48.2 Å². The van der Waals surface area contributed by atoms with Crippen molar-refractivity contribution in [1.82, 2.24) is 4.98 Å². The molecule has 0 fully saturated rings. The predicted molar refractivity (Wildman–Crippen MR) is 79.7 cm³/mol. The summed E-state index contributed by atoms with van der Waals surface area (Å²) in [6.45, 7) is 1.89. The lowest BCUT2D eigenvalue weighted by molar-refractivity contribution is -0.113. The molecule has 20 heavy (non-hydrogen) atoms.